The van der Waals surface area contributed by atoms with Crippen LogP contribution in [0.5, 0.6) is 0 Å². The van der Waals surface area contributed by atoms with Gasteiger partial charge in [0.1, 0.15) is 5.54 Å². The number of carboxylic acids is 1. The van der Waals surface area contributed by atoms with Gasteiger partial charge in [-0.2, -0.15) is 0 Å². The number of rotatable bonds is 6. The van der Waals surface area contributed by atoms with E-state index in [1.807, 2.05) is 6.92 Å². The highest BCUT2D eigenvalue weighted by Gasteiger charge is 2.40. The summed E-state index contributed by atoms with van der Waals surface area (Å²) >= 11 is 0. The lowest BCUT2D eigenvalue weighted by molar-refractivity contribution is -0.145. The summed E-state index contributed by atoms with van der Waals surface area (Å²) in [4.78, 5) is 23.8. The smallest absolute Gasteiger partial charge is 0.329 e. The number of amides is 2. The van der Waals surface area contributed by atoms with Crippen molar-refractivity contribution in [3.05, 3.63) is 0 Å². The fourth-order valence-corrected chi connectivity index (χ4v) is 3.03. The van der Waals surface area contributed by atoms with Crippen LogP contribution in [0.15, 0.2) is 0 Å². The molecule has 1 rings (SSSR count). The van der Waals surface area contributed by atoms with Crippen LogP contribution in [0, 0.1) is 5.92 Å². The van der Waals surface area contributed by atoms with E-state index in [0.717, 1.165) is 38.5 Å². The standard InChI is InChI=1S/C16H30N2O3/c1-4-12(2)11-13(3)17-15(21)18-16(14(19)20)9-7-5-6-8-10-16/h12-13H,4-11H2,1-3H3,(H,19,20)(H2,17,18,21). The summed E-state index contributed by atoms with van der Waals surface area (Å²) < 4.78 is 0. The molecule has 0 aromatic rings. The summed E-state index contributed by atoms with van der Waals surface area (Å²) in [5.74, 6) is -0.360. The number of aliphatic carboxylic acids is 1. The molecule has 1 aliphatic rings. The minimum absolute atomic E-state index is 0.0524. The van der Waals surface area contributed by atoms with Crippen molar-refractivity contribution in [3.8, 4) is 0 Å². The Morgan fingerprint density at radius 2 is 1.71 bits per heavy atom. The first-order valence-corrected chi connectivity index (χ1v) is 8.21. The second kappa shape index (κ2) is 8.25. The molecule has 1 aliphatic carbocycles. The fraction of sp³-hybridized carbons (Fsp3) is 0.875. The van der Waals surface area contributed by atoms with E-state index in [2.05, 4.69) is 24.5 Å². The second-order valence-corrected chi connectivity index (χ2v) is 6.55. The van der Waals surface area contributed by atoms with E-state index >= 15 is 0 Å². The van der Waals surface area contributed by atoms with E-state index in [-0.39, 0.29) is 12.1 Å². The van der Waals surface area contributed by atoms with Crippen molar-refractivity contribution in [1.82, 2.24) is 10.6 Å². The number of nitrogens with one attached hydrogen (secondary N) is 2. The SMILES string of the molecule is CCC(C)CC(C)NC(=O)NC1(C(=O)O)CCCCCC1. The van der Waals surface area contributed by atoms with Gasteiger partial charge >= 0.3 is 12.0 Å². The van der Waals surface area contributed by atoms with Gasteiger partial charge in [-0.25, -0.2) is 9.59 Å². The molecule has 2 atom stereocenters. The van der Waals surface area contributed by atoms with Crippen LogP contribution in [-0.4, -0.2) is 28.7 Å². The number of urea groups is 1. The van der Waals surface area contributed by atoms with Crippen molar-refractivity contribution in [2.24, 2.45) is 5.92 Å². The van der Waals surface area contributed by atoms with Gasteiger partial charge in [-0.15, -0.1) is 0 Å². The predicted octanol–water partition coefficient (Wildman–Crippen LogP) is 3.29. The van der Waals surface area contributed by atoms with Crippen LogP contribution in [0.1, 0.15) is 72.1 Å². The normalized spacial score (nSPS) is 20.9. The number of carboxylic acid groups (broad SMARTS) is 1. The Labute approximate surface area is 127 Å². The number of hydrogen-bond donors (Lipinski definition) is 3. The van der Waals surface area contributed by atoms with Gasteiger partial charge < -0.3 is 15.7 Å². The lowest BCUT2D eigenvalue weighted by Gasteiger charge is -2.30. The third-order valence-corrected chi connectivity index (χ3v) is 4.55. The number of carbonyl (C=O) groups excluding carboxylic acids is 1. The average Bonchev–Trinajstić information content (AvgIpc) is 2.64. The van der Waals surface area contributed by atoms with Gasteiger partial charge in [0.25, 0.3) is 0 Å². The highest BCUT2D eigenvalue weighted by atomic mass is 16.4. The molecule has 5 heteroatoms. The first-order chi connectivity index (χ1) is 9.89. The van der Waals surface area contributed by atoms with Crippen molar-refractivity contribution in [1.29, 1.82) is 0 Å². The molecule has 0 heterocycles. The van der Waals surface area contributed by atoms with Crippen LogP contribution < -0.4 is 10.6 Å². The number of carbonyl (C=O) groups is 2. The van der Waals surface area contributed by atoms with E-state index in [9.17, 15) is 14.7 Å². The average molecular weight is 298 g/mol. The van der Waals surface area contributed by atoms with Crippen molar-refractivity contribution >= 4 is 12.0 Å². The highest BCUT2D eigenvalue weighted by Crippen LogP contribution is 2.27. The minimum atomic E-state index is -1.09. The van der Waals surface area contributed by atoms with E-state index in [4.69, 9.17) is 0 Å². The minimum Gasteiger partial charge on any atom is -0.480 e. The maximum atomic E-state index is 12.1. The Kier molecular flexibility index (Phi) is 6.99. The van der Waals surface area contributed by atoms with Crippen molar-refractivity contribution in [3.63, 3.8) is 0 Å². The zero-order valence-corrected chi connectivity index (χ0v) is 13.6. The van der Waals surface area contributed by atoms with E-state index in [1.165, 1.54) is 0 Å². The molecule has 2 unspecified atom stereocenters. The second-order valence-electron chi connectivity index (χ2n) is 6.55. The van der Waals surface area contributed by atoms with Crippen LogP contribution >= 0.6 is 0 Å². The zero-order chi connectivity index (χ0) is 15.9. The largest absolute Gasteiger partial charge is 0.480 e. The Morgan fingerprint density at radius 3 is 2.19 bits per heavy atom. The third-order valence-electron chi connectivity index (χ3n) is 4.55. The lowest BCUT2D eigenvalue weighted by atomic mass is 9.90. The van der Waals surface area contributed by atoms with Crippen molar-refractivity contribution < 1.29 is 14.7 Å². The molecule has 21 heavy (non-hydrogen) atoms. The maximum absolute atomic E-state index is 12.1. The van der Waals surface area contributed by atoms with Gasteiger partial charge in [0.15, 0.2) is 0 Å². The number of hydrogen-bond acceptors (Lipinski definition) is 2. The molecule has 0 saturated heterocycles. The van der Waals surface area contributed by atoms with Crippen LogP contribution in [0.4, 0.5) is 4.79 Å². The summed E-state index contributed by atoms with van der Waals surface area (Å²) in [6.07, 6.45) is 6.83. The lowest BCUT2D eigenvalue weighted by Crippen LogP contribution is -2.58. The van der Waals surface area contributed by atoms with Crippen LogP contribution in [0.25, 0.3) is 0 Å². The molecule has 3 N–H and O–H groups in total. The summed E-state index contributed by atoms with van der Waals surface area (Å²) in [5, 5.41) is 15.2. The van der Waals surface area contributed by atoms with Gasteiger partial charge in [-0.3, -0.25) is 0 Å². The van der Waals surface area contributed by atoms with Crippen LogP contribution in [0.3, 0.4) is 0 Å². The van der Waals surface area contributed by atoms with Crippen LogP contribution in [-0.2, 0) is 4.79 Å². The summed E-state index contributed by atoms with van der Waals surface area (Å²) in [6, 6.07) is -0.299. The van der Waals surface area contributed by atoms with Gasteiger partial charge in [-0.1, -0.05) is 46.0 Å². The topological polar surface area (TPSA) is 78.4 Å². The fourth-order valence-electron chi connectivity index (χ4n) is 3.03. The van der Waals surface area contributed by atoms with Gasteiger partial charge in [0, 0.05) is 6.04 Å². The summed E-state index contributed by atoms with van der Waals surface area (Å²) in [5.41, 5.74) is -1.09. The Morgan fingerprint density at radius 1 is 1.14 bits per heavy atom. The van der Waals surface area contributed by atoms with E-state index in [0.29, 0.717) is 18.8 Å². The summed E-state index contributed by atoms with van der Waals surface area (Å²) in [7, 11) is 0. The maximum Gasteiger partial charge on any atom is 0.329 e. The Bertz CT molecular complexity index is 349. The van der Waals surface area contributed by atoms with Gasteiger partial charge in [-0.05, 0) is 32.1 Å². The molecule has 0 aromatic heterocycles. The quantitative estimate of drug-likeness (QED) is 0.658. The van der Waals surface area contributed by atoms with Crippen molar-refractivity contribution in [2.45, 2.75) is 83.7 Å². The third kappa shape index (κ3) is 5.56. The molecule has 1 saturated carbocycles. The predicted molar refractivity (Wildman–Crippen MR) is 83.3 cm³/mol. The van der Waals surface area contributed by atoms with Gasteiger partial charge in [0.2, 0.25) is 0 Å². The van der Waals surface area contributed by atoms with E-state index < -0.39 is 11.5 Å². The molecular weight excluding hydrogens is 268 g/mol. The Hall–Kier alpha value is -1.26. The van der Waals surface area contributed by atoms with Gasteiger partial charge in [0.05, 0.1) is 0 Å². The first-order valence-electron chi connectivity index (χ1n) is 8.21. The molecular formula is C16H30N2O3. The first kappa shape index (κ1) is 17.8. The monoisotopic (exact) mass is 298 g/mol. The molecule has 0 aromatic carbocycles. The molecule has 2 amide bonds. The molecule has 5 nitrogen and oxygen atoms in total. The zero-order valence-electron chi connectivity index (χ0n) is 13.6. The van der Waals surface area contributed by atoms with Crippen molar-refractivity contribution in [2.75, 3.05) is 0 Å². The molecule has 1 fully saturated rings. The van der Waals surface area contributed by atoms with E-state index in [1.54, 1.807) is 0 Å². The Balaban J connectivity index is 2.58. The van der Waals surface area contributed by atoms with Crippen LogP contribution in [0.2, 0.25) is 0 Å². The summed E-state index contributed by atoms with van der Waals surface area (Å²) in [6.45, 7) is 6.24. The molecule has 0 radical (unpaired) electrons. The highest BCUT2D eigenvalue weighted by molar-refractivity contribution is 5.86. The molecule has 0 spiro atoms. The molecule has 0 aliphatic heterocycles. The molecule has 122 valence electrons. The molecule has 0 bridgehead atoms.